The molecule has 0 aromatic heterocycles. The molecule has 1 N–H and O–H groups in total. The lowest BCUT2D eigenvalue weighted by atomic mass is 10.2. The molecular weight excluding hydrogens is 338 g/mol. The van der Waals surface area contributed by atoms with E-state index < -0.39 is 0 Å². The summed E-state index contributed by atoms with van der Waals surface area (Å²) in [7, 11) is 1.62. The Kier molecular flexibility index (Phi) is 6.89. The zero-order valence-corrected chi connectivity index (χ0v) is 15.3. The first-order valence-corrected chi connectivity index (χ1v) is 8.80. The normalized spacial score (nSPS) is 11.5. The van der Waals surface area contributed by atoms with Gasteiger partial charge in [0.25, 0.3) is 0 Å². The third-order valence-corrected chi connectivity index (χ3v) is 4.52. The van der Waals surface area contributed by atoms with Gasteiger partial charge in [0.15, 0.2) is 0 Å². The Balaban J connectivity index is 1.92. The van der Waals surface area contributed by atoms with Gasteiger partial charge in [0.05, 0.1) is 24.5 Å². The van der Waals surface area contributed by atoms with Crippen LogP contribution >= 0.6 is 11.8 Å². The molecule has 2 rings (SSSR count). The van der Waals surface area contributed by atoms with Crippen molar-refractivity contribution in [1.29, 1.82) is 0 Å². The van der Waals surface area contributed by atoms with Crippen LogP contribution in [0.4, 0.5) is 5.69 Å². The van der Waals surface area contributed by atoms with Crippen molar-refractivity contribution in [3.63, 3.8) is 0 Å². The van der Waals surface area contributed by atoms with E-state index in [1.165, 1.54) is 11.8 Å². The molecular formula is C19H21NO4S. The second kappa shape index (κ2) is 9.13. The molecule has 0 aliphatic rings. The summed E-state index contributed by atoms with van der Waals surface area (Å²) in [4.78, 5) is 24.9. The third-order valence-electron chi connectivity index (χ3n) is 3.41. The van der Waals surface area contributed by atoms with Gasteiger partial charge in [-0.15, -0.1) is 11.8 Å². The molecule has 132 valence electrons. The van der Waals surface area contributed by atoms with Crippen LogP contribution in [0.15, 0.2) is 53.4 Å². The molecule has 25 heavy (non-hydrogen) atoms. The highest BCUT2D eigenvalue weighted by molar-refractivity contribution is 8.00. The third kappa shape index (κ3) is 5.53. The Labute approximate surface area is 151 Å². The monoisotopic (exact) mass is 359 g/mol. The molecule has 1 amide bonds. The molecule has 5 nitrogen and oxygen atoms in total. The molecule has 0 saturated heterocycles. The molecule has 0 fully saturated rings. The van der Waals surface area contributed by atoms with Crippen LogP contribution in [0, 0.1) is 0 Å². The number of benzene rings is 2. The molecule has 1 atom stereocenters. The highest BCUT2D eigenvalue weighted by atomic mass is 32.2. The Morgan fingerprint density at radius 2 is 1.72 bits per heavy atom. The molecule has 0 aliphatic heterocycles. The SMILES string of the molecule is CCOC(=O)c1ccc(NC(=O)[C@@H](C)Sc2ccc(OC)cc2)cc1. The van der Waals surface area contributed by atoms with Gasteiger partial charge >= 0.3 is 5.97 Å². The van der Waals surface area contributed by atoms with Gasteiger partial charge in [0, 0.05) is 10.6 Å². The van der Waals surface area contributed by atoms with Crippen LogP contribution in [-0.2, 0) is 9.53 Å². The number of rotatable bonds is 7. The lowest BCUT2D eigenvalue weighted by Gasteiger charge is -2.12. The average molecular weight is 359 g/mol. The maximum atomic E-state index is 12.3. The maximum absolute atomic E-state index is 12.3. The second-order valence-electron chi connectivity index (χ2n) is 5.22. The fourth-order valence-electron chi connectivity index (χ4n) is 2.06. The molecule has 0 unspecified atom stereocenters. The van der Waals surface area contributed by atoms with Crippen LogP contribution in [0.5, 0.6) is 5.75 Å². The zero-order chi connectivity index (χ0) is 18.2. The van der Waals surface area contributed by atoms with E-state index in [0.717, 1.165) is 10.6 Å². The first-order chi connectivity index (χ1) is 12.0. The number of carbonyl (C=O) groups excluding carboxylic acids is 2. The van der Waals surface area contributed by atoms with Crippen molar-refractivity contribution in [2.75, 3.05) is 19.0 Å². The number of hydrogen-bond donors (Lipinski definition) is 1. The van der Waals surface area contributed by atoms with Gasteiger partial charge in [0.1, 0.15) is 5.75 Å². The predicted molar refractivity (Wildman–Crippen MR) is 99.3 cm³/mol. The summed E-state index contributed by atoms with van der Waals surface area (Å²) in [5.41, 5.74) is 1.10. The number of ether oxygens (including phenoxy) is 2. The van der Waals surface area contributed by atoms with E-state index in [0.29, 0.717) is 17.9 Å². The Bertz CT molecular complexity index is 713. The van der Waals surface area contributed by atoms with Crippen molar-refractivity contribution >= 4 is 29.3 Å². The molecule has 0 aliphatic carbocycles. The van der Waals surface area contributed by atoms with Gasteiger partial charge in [-0.1, -0.05) is 0 Å². The maximum Gasteiger partial charge on any atom is 0.338 e. The van der Waals surface area contributed by atoms with Gasteiger partial charge < -0.3 is 14.8 Å². The summed E-state index contributed by atoms with van der Waals surface area (Å²) in [5, 5.41) is 2.58. The molecule has 0 saturated carbocycles. The van der Waals surface area contributed by atoms with Gasteiger partial charge in [-0.2, -0.15) is 0 Å². The van der Waals surface area contributed by atoms with Crippen molar-refractivity contribution in [3.05, 3.63) is 54.1 Å². The average Bonchev–Trinajstić information content (AvgIpc) is 2.63. The minimum absolute atomic E-state index is 0.107. The standard InChI is InChI=1S/C19H21NO4S/c1-4-24-19(22)14-5-7-15(8-6-14)20-18(21)13(2)25-17-11-9-16(23-3)10-12-17/h5-13H,4H2,1-3H3,(H,20,21)/t13-/m1/s1. The van der Waals surface area contributed by atoms with Gasteiger partial charge in [-0.3, -0.25) is 4.79 Å². The highest BCUT2D eigenvalue weighted by Gasteiger charge is 2.15. The number of esters is 1. The number of amides is 1. The number of hydrogen-bond acceptors (Lipinski definition) is 5. The van der Waals surface area contributed by atoms with Crippen molar-refractivity contribution < 1.29 is 19.1 Å². The van der Waals surface area contributed by atoms with E-state index in [4.69, 9.17) is 9.47 Å². The molecule has 0 bridgehead atoms. The van der Waals surface area contributed by atoms with Crippen LogP contribution in [-0.4, -0.2) is 30.8 Å². The molecule has 6 heteroatoms. The summed E-state index contributed by atoms with van der Waals surface area (Å²) in [6.07, 6.45) is 0. The summed E-state index contributed by atoms with van der Waals surface area (Å²) in [6.45, 7) is 3.93. The topological polar surface area (TPSA) is 64.6 Å². The first kappa shape index (κ1) is 18.9. The van der Waals surface area contributed by atoms with E-state index >= 15 is 0 Å². The van der Waals surface area contributed by atoms with Crippen LogP contribution in [0.2, 0.25) is 0 Å². The van der Waals surface area contributed by atoms with E-state index in [2.05, 4.69) is 5.32 Å². The molecule has 0 radical (unpaired) electrons. The minimum atomic E-state index is -0.371. The summed E-state index contributed by atoms with van der Waals surface area (Å²) in [5.74, 6) is 0.302. The van der Waals surface area contributed by atoms with E-state index in [1.54, 1.807) is 38.3 Å². The van der Waals surface area contributed by atoms with E-state index in [9.17, 15) is 9.59 Å². The minimum Gasteiger partial charge on any atom is -0.497 e. The number of carbonyl (C=O) groups is 2. The summed E-state index contributed by atoms with van der Waals surface area (Å²) >= 11 is 1.46. The molecule has 2 aromatic rings. The fourth-order valence-corrected chi connectivity index (χ4v) is 2.93. The number of methoxy groups -OCH3 is 1. The van der Waals surface area contributed by atoms with E-state index in [1.807, 2.05) is 31.2 Å². The smallest absolute Gasteiger partial charge is 0.338 e. The fraction of sp³-hybridized carbons (Fsp3) is 0.263. The largest absolute Gasteiger partial charge is 0.497 e. The first-order valence-electron chi connectivity index (χ1n) is 7.92. The Morgan fingerprint density at radius 1 is 1.08 bits per heavy atom. The summed E-state index contributed by atoms with van der Waals surface area (Å²) < 4.78 is 10.1. The number of thioether (sulfide) groups is 1. The van der Waals surface area contributed by atoms with Crippen molar-refractivity contribution in [3.8, 4) is 5.75 Å². The van der Waals surface area contributed by atoms with Crippen molar-refractivity contribution in [2.45, 2.75) is 24.0 Å². The van der Waals surface area contributed by atoms with Crippen molar-refractivity contribution in [2.24, 2.45) is 0 Å². The van der Waals surface area contributed by atoms with Gasteiger partial charge in [-0.25, -0.2) is 4.79 Å². The van der Waals surface area contributed by atoms with Gasteiger partial charge in [0.2, 0.25) is 5.91 Å². The van der Waals surface area contributed by atoms with Gasteiger partial charge in [-0.05, 0) is 62.4 Å². The van der Waals surface area contributed by atoms with Crippen LogP contribution in [0.3, 0.4) is 0 Å². The Morgan fingerprint density at radius 3 is 2.28 bits per heavy atom. The lowest BCUT2D eigenvalue weighted by Crippen LogP contribution is -2.22. The predicted octanol–water partition coefficient (Wildman–Crippen LogP) is 3.99. The Hall–Kier alpha value is -2.47. The zero-order valence-electron chi connectivity index (χ0n) is 14.4. The van der Waals surface area contributed by atoms with Crippen LogP contribution in [0.25, 0.3) is 0 Å². The van der Waals surface area contributed by atoms with Crippen LogP contribution < -0.4 is 10.1 Å². The highest BCUT2D eigenvalue weighted by Crippen LogP contribution is 2.26. The second-order valence-corrected chi connectivity index (χ2v) is 6.64. The van der Waals surface area contributed by atoms with E-state index in [-0.39, 0.29) is 17.1 Å². The lowest BCUT2D eigenvalue weighted by molar-refractivity contribution is -0.115. The van der Waals surface area contributed by atoms with Crippen LogP contribution in [0.1, 0.15) is 24.2 Å². The number of anilines is 1. The van der Waals surface area contributed by atoms with Crippen molar-refractivity contribution in [1.82, 2.24) is 0 Å². The molecule has 0 spiro atoms. The molecule has 2 aromatic carbocycles. The summed E-state index contributed by atoms with van der Waals surface area (Å²) in [6, 6.07) is 14.2. The molecule has 0 heterocycles. The quantitative estimate of drug-likeness (QED) is 0.598. The number of nitrogens with one attached hydrogen (secondary N) is 1.